The van der Waals surface area contributed by atoms with E-state index in [1.54, 1.807) is 0 Å². The number of carbonyl (C=O) groups is 1. The number of methoxy groups -OCH3 is 1. The van der Waals surface area contributed by atoms with Gasteiger partial charge in [-0.3, -0.25) is 4.79 Å². The predicted octanol–water partition coefficient (Wildman–Crippen LogP) is 3.36. The number of H-pyrrole nitrogens is 1. The fourth-order valence-corrected chi connectivity index (χ4v) is 4.71. The van der Waals surface area contributed by atoms with Crippen molar-refractivity contribution in [3.63, 3.8) is 0 Å². The number of aromatic amines is 1. The first-order valence-electron chi connectivity index (χ1n) is 9.31. The molecule has 1 amide bonds. The Balaban J connectivity index is 1.83. The summed E-state index contributed by atoms with van der Waals surface area (Å²) >= 11 is 0. The van der Waals surface area contributed by atoms with Crippen LogP contribution in [-0.2, 0) is 15.4 Å². The van der Waals surface area contributed by atoms with Gasteiger partial charge in [0.25, 0.3) is 5.91 Å². The molecule has 0 radical (unpaired) electrons. The van der Waals surface area contributed by atoms with Crippen molar-refractivity contribution in [2.45, 2.75) is 43.9 Å². The summed E-state index contributed by atoms with van der Waals surface area (Å²) in [6.07, 6.45) is 3.09. The largest absolute Gasteiger partial charge is 0.495 e. The molecule has 1 aromatic heterocycles. The van der Waals surface area contributed by atoms with E-state index in [-0.39, 0.29) is 16.0 Å². The minimum atomic E-state index is -3.57. The van der Waals surface area contributed by atoms with Gasteiger partial charge in [-0.05, 0) is 42.0 Å². The molecule has 1 aliphatic rings. The molecular weight excluding hydrogens is 378 g/mol. The Morgan fingerprint density at radius 2 is 1.86 bits per heavy atom. The van der Waals surface area contributed by atoms with Crippen LogP contribution >= 0.6 is 0 Å². The van der Waals surface area contributed by atoms with Gasteiger partial charge in [0.05, 0.1) is 12.8 Å². The molecule has 3 rings (SSSR count). The van der Waals surface area contributed by atoms with Gasteiger partial charge in [-0.1, -0.05) is 26.8 Å². The smallest absolute Gasteiger partial charge is 0.272 e. The van der Waals surface area contributed by atoms with Gasteiger partial charge in [-0.2, -0.15) is 4.31 Å². The van der Waals surface area contributed by atoms with Crippen molar-refractivity contribution in [3.8, 4) is 5.75 Å². The van der Waals surface area contributed by atoms with E-state index in [4.69, 9.17) is 4.74 Å². The van der Waals surface area contributed by atoms with Crippen LogP contribution in [0.4, 0.5) is 5.69 Å². The van der Waals surface area contributed by atoms with Crippen molar-refractivity contribution in [2.24, 2.45) is 0 Å². The van der Waals surface area contributed by atoms with Crippen LogP contribution in [0, 0.1) is 0 Å². The zero-order valence-corrected chi connectivity index (χ0v) is 17.5. The Morgan fingerprint density at radius 3 is 2.46 bits per heavy atom. The minimum absolute atomic E-state index is 0.0881. The number of aromatic nitrogens is 1. The molecule has 2 N–H and O–H groups in total. The summed E-state index contributed by atoms with van der Waals surface area (Å²) in [6.45, 7) is 7.29. The van der Waals surface area contributed by atoms with E-state index >= 15 is 0 Å². The maximum Gasteiger partial charge on any atom is 0.272 e. The number of hydrogen-bond acceptors (Lipinski definition) is 4. The van der Waals surface area contributed by atoms with Gasteiger partial charge in [0.1, 0.15) is 16.3 Å². The Hall–Kier alpha value is -2.32. The lowest BCUT2D eigenvalue weighted by Gasteiger charge is -2.21. The molecule has 2 heterocycles. The molecular formula is C20H27N3O4S. The minimum Gasteiger partial charge on any atom is -0.495 e. The number of anilines is 1. The fraction of sp³-hybridized carbons (Fsp3) is 0.450. The van der Waals surface area contributed by atoms with E-state index in [0.717, 1.165) is 18.4 Å². The van der Waals surface area contributed by atoms with E-state index in [9.17, 15) is 13.2 Å². The third-order valence-electron chi connectivity index (χ3n) is 4.92. The van der Waals surface area contributed by atoms with Crippen LogP contribution in [0.3, 0.4) is 0 Å². The lowest BCUT2D eigenvalue weighted by molar-refractivity contribution is 0.102. The second kappa shape index (κ2) is 7.60. The summed E-state index contributed by atoms with van der Waals surface area (Å²) in [5.74, 6) is 0.116. The van der Waals surface area contributed by atoms with Crippen LogP contribution in [0.15, 0.2) is 35.4 Å². The molecule has 0 aliphatic carbocycles. The van der Waals surface area contributed by atoms with Gasteiger partial charge < -0.3 is 15.0 Å². The quantitative estimate of drug-likeness (QED) is 0.798. The first kappa shape index (κ1) is 20.4. The van der Waals surface area contributed by atoms with Crippen molar-refractivity contribution in [1.29, 1.82) is 0 Å². The van der Waals surface area contributed by atoms with Crippen LogP contribution in [0.25, 0.3) is 0 Å². The van der Waals surface area contributed by atoms with E-state index in [0.29, 0.717) is 24.5 Å². The Kier molecular flexibility index (Phi) is 5.54. The van der Waals surface area contributed by atoms with E-state index in [2.05, 4.69) is 31.1 Å². The van der Waals surface area contributed by atoms with Crippen molar-refractivity contribution < 1.29 is 17.9 Å². The maximum atomic E-state index is 12.7. The predicted molar refractivity (Wildman–Crippen MR) is 108 cm³/mol. The zero-order chi connectivity index (χ0) is 20.5. The van der Waals surface area contributed by atoms with Crippen LogP contribution < -0.4 is 10.1 Å². The fourth-order valence-electron chi connectivity index (χ4n) is 3.19. The summed E-state index contributed by atoms with van der Waals surface area (Å²) in [6, 6.07) is 7.03. The molecule has 1 fully saturated rings. The summed E-state index contributed by atoms with van der Waals surface area (Å²) in [4.78, 5) is 15.6. The van der Waals surface area contributed by atoms with Crippen molar-refractivity contribution in [1.82, 2.24) is 9.29 Å². The Morgan fingerprint density at radius 1 is 1.18 bits per heavy atom. The molecule has 28 heavy (non-hydrogen) atoms. The lowest BCUT2D eigenvalue weighted by Crippen LogP contribution is -2.27. The average Bonchev–Trinajstić information content (AvgIpc) is 3.33. The first-order chi connectivity index (χ1) is 13.1. The van der Waals surface area contributed by atoms with E-state index in [1.807, 2.05) is 18.2 Å². The number of amides is 1. The van der Waals surface area contributed by atoms with Gasteiger partial charge in [0.15, 0.2) is 0 Å². The molecule has 152 valence electrons. The standard InChI is InChI=1S/C20H27N3O4S/c1-20(2,3)14-7-8-18(27-4)16(11-14)22-19(24)17-12-15(13-21-17)28(25,26)23-9-5-6-10-23/h7-8,11-13,21H,5-6,9-10H2,1-4H3,(H,22,24). The number of ether oxygens (including phenoxy) is 1. The van der Waals surface area contributed by atoms with Crippen LogP contribution in [0.5, 0.6) is 5.75 Å². The van der Waals surface area contributed by atoms with Crippen molar-refractivity contribution >= 4 is 21.6 Å². The van der Waals surface area contributed by atoms with Crippen molar-refractivity contribution in [3.05, 3.63) is 41.7 Å². The summed E-state index contributed by atoms with van der Waals surface area (Å²) < 4.78 is 32.1. The number of rotatable bonds is 5. The molecule has 0 bridgehead atoms. The first-order valence-corrected chi connectivity index (χ1v) is 10.8. The number of benzene rings is 1. The average molecular weight is 406 g/mol. The van der Waals surface area contributed by atoms with Gasteiger partial charge in [-0.15, -0.1) is 0 Å². The molecule has 0 unspecified atom stereocenters. The molecule has 1 saturated heterocycles. The lowest BCUT2D eigenvalue weighted by atomic mass is 9.87. The third kappa shape index (κ3) is 4.07. The van der Waals surface area contributed by atoms with E-state index in [1.165, 1.54) is 23.7 Å². The van der Waals surface area contributed by atoms with Gasteiger partial charge in [0.2, 0.25) is 10.0 Å². The molecule has 1 aromatic carbocycles. The Bertz CT molecular complexity index is 968. The normalized spacial score (nSPS) is 15.6. The summed E-state index contributed by atoms with van der Waals surface area (Å²) in [5, 5.41) is 2.82. The SMILES string of the molecule is COc1ccc(C(C)(C)C)cc1NC(=O)c1cc(S(=O)(=O)N2CCCC2)c[nH]1. The number of nitrogens with zero attached hydrogens (tertiary/aromatic N) is 1. The van der Waals surface area contributed by atoms with E-state index < -0.39 is 15.9 Å². The van der Waals surface area contributed by atoms with Crippen LogP contribution in [-0.4, -0.2) is 43.8 Å². The number of sulfonamides is 1. The molecule has 7 nitrogen and oxygen atoms in total. The van der Waals surface area contributed by atoms with Gasteiger partial charge >= 0.3 is 0 Å². The van der Waals surface area contributed by atoms with Crippen LogP contribution in [0.1, 0.15) is 49.7 Å². The maximum absolute atomic E-state index is 12.7. The molecule has 0 saturated carbocycles. The van der Waals surface area contributed by atoms with Gasteiger partial charge in [0, 0.05) is 19.3 Å². The molecule has 1 aliphatic heterocycles. The third-order valence-corrected chi connectivity index (χ3v) is 6.79. The highest BCUT2D eigenvalue weighted by molar-refractivity contribution is 7.89. The second-order valence-corrected chi connectivity index (χ2v) is 9.92. The zero-order valence-electron chi connectivity index (χ0n) is 16.7. The highest BCUT2D eigenvalue weighted by atomic mass is 32.2. The molecule has 8 heteroatoms. The second-order valence-electron chi connectivity index (χ2n) is 7.98. The molecule has 0 spiro atoms. The summed E-state index contributed by atoms with van der Waals surface area (Å²) in [5.41, 5.74) is 1.68. The highest BCUT2D eigenvalue weighted by Gasteiger charge is 2.28. The molecule has 0 atom stereocenters. The number of nitrogens with one attached hydrogen (secondary N) is 2. The van der Waals surface area contributed by atoms with Crippen LogP contribution in [0.2, 0.25) is 0 Å². The number of hydrogen-bond donors (Lipinski definition) is 2. The van der Waals surface area contributed by atoms with Crippen molar-refractivity contribution in [2.75, 3.05) is 25.5 Å². The monoisotopic (exact) mass is 405 g/mol. The topological polar surface area (TPSA) is 91.5 Å². The summed E-state index contributed by atoms with van der Waals surface area (Å²) in [7, 11) is -2.03. The molecule has 2 aromatic rings. The van der Waals surface area contributed by atoms with Gasteiger partial charge in [-0.25, -0.2) is 8.42 Å². The Labute approximate surface area is 166 Å². The highest BCUT2D eigenvalue weighted by Crippen LogP contribution is 2.32. The number of carbonyl (C=O) groups excluding carboxylic acids is 1.